The van der Waals surface area contributed by atoms with Gasteiger partial charge in [-0.2, -0.15) is 11.8 Å². The van der Waals surface area contributed by atoms with Gasteiger partial charge in [-0.25, -0.2) is 0 Å². The lowest BCUT2D eigenvalue weighted by molar-refractivity contribution is -0.137. The van der Waals surface area contributed by atoms with Crippen LogP contribution in [0, 0.1) is 6.92 Å². The average Bonchev–Trinajstić information content (AvgIpc) is 2.38. The van der Waals surface area contributed by atoms with Crippen LogP contribution in [0.4, 0.5) is 5.69 Å². The first-order valence-electron chi connectivity index (χ1n) is 6.45. The average molecular weight is 294 g/mol. The van der Waals surface area contributed by atoms with E-state index in [9.17, 15) is 9.59 Å². The van der Waals surface area contributed by atoms with Crippen molar-refractivity contribution in [2.24, 2.45) is 5.73 Å². The standard InChI is InChI=1S/C14H18N2O3S/c1-9-6-10(2-3-12(9)14(15)19)16-4-5-20-8-11(16)7-13(17)18/h2-3,6,11H,4-5,7-8H2,1H3,(H2,15,19)(H,17,18). The Morgan fingerprint density at radius 2 is 2.25 bits per heavy atom. The van der Waals surface area contributed by atoms with Crippen LogP contribution in [0.1, 0.15) is 22.3 Å². The Kier molecular flexibility index (Phi) is 4.54. The number of nitrogens with two attached hydrogens (primary N) is 1. The summed E-state index contributed by atoms with van der Waals surface area (Å²) in [6.07, 6.45) is 0.129. The summed E-state index contributed by atoms with van der Waals surface area (Å²) in [5.41, 5.74) is 7.59. The maximum absolute atomic E-state index is 11.2. The number of aryl methyl sites for hydroxylation is 1. The van der Waals surface area contributed by atoms with Gasteiger partial charge in [0.25, 0.3) is 0 Å². The number of anilines is 1. The number of benzene rings is 1. The lowest BCUT2D eigenvalue weighted by Gasteiger charge is -2.36. The highest BCUT2D eigenvalue weighted by molar-refractivity contribution is 7.99. The molecule has 0 saturated carbocycles. The molecule has 1 aliphatic heterocycles. The van der Waals surface area contributed by atoms with Gasteiger partial charge in [-0.15, -0.1) is 0 Å². The lowest BCUT2D eigenvalue weighted by atomic mass is 10.1. The molecule has 1 fully saturated rings. The van der Waals surface area contributed by atoms with Crippen molar-refractivity contribution in [2.75, 3.05) is 23.0 Å². The van der Waals surface area contributed by atoms with Gasteiger partial charge in [0.05, 0.1) is 6.42 Å². The number of aliphatic carboxylic acids is 1. The molecule has 108 valence electrons. The molecule has 0 bridgehead atoms. The first kappa shape index (κ1) is 14.7. The van der Waals surface area contributed by atoms with Crippen LogP contribution in [0.2, 0.25) is 0 Å². The summed E-state index contributed by atoms with van der Waals surface area (Å²) in [5.74, 6) is 0.564. The number of nitrogens with zero attached hydrogens (tertiary/aromatic N) is 1. The zero-order valence-corrected chi connectivity index (χ0v) is 12.2. The molecule has 20 heavy (non-hydrogen) atoms. The third-order valence-corrected chi connectivity index (χ3v) is 4.54. The van der Waals surface area contributed by atoms with Gasteiger partial charge in [-0.05, 0) is 30.7 Å². The molecular weight excluding hydrogens is 276 g/mol. The predicted octanol–water partition coefficient (Wildman–Crippen LogP) is 1.49. The number of hydrogen-bond acceptors (Lipinski definition) is 4. The minimum absolute atomic E-state index is 0.00919. The summed E-state index contributed by atoms with van der Waals surface area (Å²) in [7, 11) is 0. The Bertz CT molecular complexity index is 533. The van der Waals surface area contributed by atoms with E-state index in [0.717, 1.165) is 29.3 Å². The Balaban J connectivity index is 2.26. The second kappa shape index (κ2) is 6.17. The van der Waals surface area contributed by atoms with Crippen LogP contribution in [0.25, 0.3) is 0 Å². The third kappa shape index (κ3) is 3.25. The highest BCUT2D eigenvalue weighted by atomic mass is 32.2. The van der Waals surface area contributed by atoms with E-state index in [4.69, 9.17) is 10.8 Å². The van der Waals surface area contributed by atoms with Crippen molar-refractivity contribution in [2.45, 2.75) is 19.4 Å². The number of carboxylic acids is 1. The number of primary amides is 1. The van der Waals surface area contributed by atoms with Gasteiger partial charge in [0.2, 0.25) is 5.91 Å². The maximum atomic E-state index is 11.2. The molecule has 1 aromatic carbocycles. The normalized spacial score (nSPS) is 18.9. The molecule has 1 amide bonds. The molecular formula is C14H18N2O3S. The van der Waals surface area contributed by atoms with Crippen molar-refractivity contribution in [3.8, 4) is 0 Å². The van der Waals surface area contributed by atoms with Crippen LogP contribution in [0.3, 0.4) is 0 Å². The zero-order chi connectivity index (χ0) is 14.7. The van der Waals surface area contributed by atoms with E-state index in [0.29, 0.717) is 5.56 Å². The van der Waals surface area contributed by atoms with Crippen molar-refractivity contribution in [1.82, 2.24) is 0 Å². The smallest absolute Gasteiger partial charge is 0.305 e. The summed E-state index contributed by atoms with van der Waals surface area (Å²) < 4.78 is 0. The summed E-state index contributed by atoms with van der Waals surface area (Å²) in [6, 6.07) is 5.46. The molecule has 6 heteroatoms. The second-order valence-electron chi connectivity index (χ2n) is 4.88. The quantitative estimate of drug-likeness (QED) is 0.879. The Morgan fingerprint density at radius 3 is 2.85 bits per heavy atom. The molecule has 1 saturated heterocycles. The molecule has 0 radical (unpaired) electrons. The first-order valence-corrected chi connectivity index (χ1v) is 7.61. The largest absolute Gasteiger partial charge is 0.481 e. The minimum Gasteiger partial charge on any atom is -0.481 e. The SMILES string of the molecule is Cc1cc(N2CCSCC2CC(=O)O)ccc1C(N)=O. The number of thioether (sulfide) groups is 1. The van der Waals surface area contributed by atoms with Gasteiger partial charge in [0.1, 0.15) is 0 Å². The topological polar surface area (TPSA) is 83.6 Å². The van der Waals surface area contributed by atoms with Crippen LogP contribution < -0.4 is 10.6 Å². The molecule has 0 aromatic heterocycles. The van der Waals surface area contributed by atoms with Crippen molar-refractivity contribution < 1.29 is 14.7 Å². The summed E-state index contributed by atoms with van der Waals surface area (Å²) in [5, 5.41) is 9.00. The van der Waals surface area contributed by atoms with Crippen molar-refractivity contribution in [3.05, 3.63) is 29.3 Å². The number of hydrogen-bond donors (Lipinski definition) is 2. The van der Waals surface area contributed by atoms with Crippen LogP contribution in [-0.2, 0) is 4.79 Å². The number of carbonyl (C=O) groups is 2. The fourth-order valence-corrected chi connectivity index (χ4v) is 3.53. The monoisotopic (exact) mass is 294 g/mol. The van der Waals surface area contributed by atoms with E-state index in [2.05, 4.69) is 4.90 Å². The molecule has 1 aromatic rings. The first-order chi connectivity index (χ1) is 9.49. The number of amides is 1. The maximum Gasteiger partial charge on any atom is 0.305 e. The number of rotatable bonds is 4. The molecule has 2 rings (SSSR count). The minimum atomic E-state index is -0.784. The number of carboxylic acid groups (broad SMARTS) is 1. The molecule has 0 spiro atoms. The highest BCUT2D eigenvalue weighted by Gasteiger charge is 2.25. The van der Waals surface area contributed by atoms with E-state index in [1.807, 2.05) is 19.1 Å². The van der Waals surface area contributed by atoms with Gasteiger partial charge in [-0.3, -0.25) is 9.59 Å². The van der Waals surface area contributed by atoms with E-state index >= 15 is 0 Å². The molecule has 0 aliphatic carbocycles. The van der Waals surface area contributed by atoms with Crippen molar-refractivity contribution in [1.29, 1.82) is 0 Å². The highest BCUT2D eigenvalue weighted by Crippen LogP contribution is 2.27. The van der Waals surface area contributed by atoms with Crippen LogP contribution in [-0.4, -0.2) is 41.1 Å². The lowest BCUT2D eigenvalue weighted by Crippen LogP contribution is -2.43. The summed E-state index contributed by atoms with van der Waals surface area (Å²) in [4.78, 5) is 24.3. The van der Waals surface area contributed by atoms with E-state index in [-0.39, 0.29) is 12.5 Å². The van der Waals surface area contributed by atoms with Crippen LogP contribution in [0.15, 0.2) is 18.2 Å². The zero-order valence-electron chi connectivity index (χ0n) is 11.3. The second-order valence-corrected chi connectivity index (χ2v) is 6.03. The molecule has 1 aliphatic rings. The predicted molar refractivity (Wildman–Crippen MR) is 80.4 cm³/mol. The molecule has 1 atom stereocenters. The molecule has 1 heterocycles. The molecule has 3 N–H and O–H groups in total. The van der Waals surface area contributed by atoms with Gasteiger partial charge < -0.3 is 15.7 Å². The summed E-state index contributed by atoms with van der Waals surface area (Å²) >= 11 is 1.78. The van der Waals surface area contributed by atoms with Crippen LogP contribution in [0.5, 0.6) is 0 Å². The van der Waals surface area contributed by atoms with Gasteiger partial charge in [-0.1, -0.05) is 0 Å². The van der Waals surface area contributed by atoms with Crippen molar-refractivity contribution in [3.63, 3.8) is 0 Å². The Hall–Kier alpha value is -1.69. The fourth-order valence-electron chi connectivity index (χ4n) is 2.47. The fraction of sp³-hybridized carbons (Fsp3) is 0.429. The molecule has 5 nitrogen and oxygen atoms in total. The number of carbonyl (C=O) groups excluding carboxylic acids is 1. The molecule has 1 unspecified atom stereocenters. The van der Waals surface area contributed by atoms with Gasteiger partial charge in [0.15, 0.2) is 0 Å². The van der Waals surface area contributed by atoms with Gasteiger partial charge >= 0.3 is 5.97 Å². The van der Waals surface area contributed by atoms with Gasteiger partial charge in [0, 0.05) is 35.3 Å². The van der Waals surface area contributed by atoms with E-state index in [1.54, 1.807) is 17.8 Å². The third-order valence-electron chi connectivity index (χ3n) is 3.44. The van der Waals surface area contributed by atoms with Crippen molar-refractivity contribution >= 4 is 29.3 Å². The van der Waals surface area contributed by atoms with E-state index in [1.165, 1.54) is 0 Å². The Morgan fingerprint density at radius 1 is 1.50 bits per heavy atom. The summed E-state index contributed by atoms with van der Waals surface area (Å²) in [6.45, 7) is 2.66. The Labute approximate surface area is 122 Å². The van der Waals surface area contributed by atoms with Crippen LogP contribution >= 0.6 is 11.8 Å². The van der Waals surface area contributed by atoms with E-state index < -0.39 is 11.9 Å².